The molecule has 0 unspecified atom stereocenters. The van der Waals surface area contributed by atoms with Crippen molar-refractivity contribution in [3.63, 3.8) is 0 Å². The Kier molecular flexibility index (Phi) is 4.99. The second kappa shape index (κ2) is 5.79. The van der Waals surface area contributed by atoms with Crippen LogP contribution in [-0.4, -0.2) is 5.75 Å². The van der Waals surface area contributed by atoms with Crippen molar-refractivity contribution in [1.29, 1.82) is 0 Å². The molecule has 1 aromatic rings. The van der Waals surface area contributed by atoms with Gasteiger partial charge in [-0.25, -0.2) is 0 Å². The number of nitrogens with two attached hydrogens (primary N) is 1. The molecule has 0 aliphatic carbocycles. The minimum atomic E-state index is 0.611. The maximum absolute atomic E-state index is 5.69. The van der Waals surface area contributed by atoms with Crippen LogP contribution in [0.4, 0.5) is 0 Å². The van der Waals surface area contributed by atoms with E-state index in [2.05, 4.69) is 48.0 Å². The van der Waals surface area contributed by atoms with Gasteiger partial charge in [0.15, 0.2) is 0 Å². The minimum absolute atomic E-state index is 0.611. The van der Waals surface area contributed by atoms with Gasteiger partial charge in [0.1, 0.15) is 0 Å². The lowest BCUT2D eigenvalue weighted by Crippen LogP contribution is -1.99. The van der Waals surface area contributed by atoms with Gasteiger partial charge in [-0.2, -0.15) is 0 Å². The van der Waals surface area contributed by atoms with Gasteiger partial charge in [0, 0.05) is 21.7 Å². The summed E-state index contributed by atoms with van der Waals surface area (Å²) in [5.41, 5.74) is 6.92. The van der Waals surface area contributed by atoms with Crippen LogP contribution in [0.15, 0.2) is 27.6 Å². The molecule has 0 bridgehead atoms. The first-order chi connectivity index (χ1) is 6.63. The normalized spacial score (nSPS) is 10.9. The Bertz CT molecular complexity index is 299. The quantitative estimate of drug-likeness (QED) is 0.848. The lowest BCUT2D eigenvalue weighted by atomic mass is 10.2. The van der Waals surface area contributed by atoms with Gasteiger partial charge < -0.3 is 5.73 Å². The van der Waals surface area contributed by atoms with Gasteiger partial charge >= 0.3 is 0 Å². The molecule has 1 nitrogen and oxygen atoms in total. The maximum Gasteiger partial charge on any atom is 0.0189 e. The molecule has 0 aliphatic rings. The Morgan fingerprint density at radius 1 is 1.43 bits per heavy atom. The van der Waals surface area contributed by atoms with E-state index in [1.54, 1.807) is 0 Å². The standard InChI is InChI=1S/C11H16BrNS/c1-8(2)7-14-11-4-3-10(12)5-9(11)6-13/h3-5,8H,6-7,13H2,1-2H3. The number of hydrogen-bond acceptors (Lipinski definition) is 2. The third-order valence-electron chi connectivity index (χ3n) is 1.81. The van der Waals surface area contributed by atoms with Crippen LogP contribution in [0.2, 0.25) is 0 Å². The summed E-state index contributed by atoms with van der Waals surface area (Å²) in [6, 6.07) is 6.31. The molecule has 0 saturated heterocycles. The minimum Gasteiger partial charge on any atom is -0.326 e. The number of halogens is 1. The predicted octanol–water partition coefficient (Wildman–Crippen LogP) is 3.66. The summed E-state index contributed by atoms with van der Waals surface area (Å²) < 4.78 is 1.10. The van der Waals surface area contributed by atoms with Gasteiger partial charge in [-0.3, -0.25) is 0 Å². The topological polar surface area (TPSA) is 26.0 Å². The zero-order valence-corrected chi connectivity index (χ0v) is 11.0. The van der Waals surface area contributed by atoms with Gasteiger partial charge in [-0.05, 0) is 29.7 Å². The molecule has 1 rings (SSSR count). The van der Waals surface area contributed by atoms with Crippen LogP contribution < -0.4 is 5.73 Å². The van der Waals surface area contributed by atoms with Crippen molar-refractivity contribution < 1.29 is 0 Å². The smallest absolute Gasteiger partial charge is 0.0189 e. The average Bonchev–Trinajstić information content (AvgIpc) is 2.15. The summed E-state index contributed by atoms with van der Waals surface area (Å²) in [6.07, 6.45) is 0. The molecule has 0 atom stereocenters. The van der Waals surface area contributed by atoms with E-state index in [9.17, 15) is 0 Å². The Labute approximate surface area is 98.6 Å². The second-order valence-electron chi connectivity index (χ2n) is 3.66. The molecular weight excluding hydrogens is 258 g/mol. The van der Waals surface area contributed by atoms with Crippen LogP contribution in [0.5, 0.6) is 0 Å². The maximum atomic E-state index is 5.69. The van der Waals surface area contributed by atoms with Crippen molar-refractivity contribution in [3.8, 4) is 0 Å². The fraction of sp³-hybridized carbons (Fsp3) is 0.455. The highest BCUT2D eigenvalue weighted by Gasteiger charge is 2.03. The molecule has 0 heterocycles. The number of benzene rings is 1. The van der Waals surface area contributed by atoms with Gasteiger partial charge in [-0.1, -0.05) is 29.8 Å². The van der Waals surface area contributed by atoms with E-state index in [0.717, 1.165) is 10.2 Å². The van der Waals surface area contributed by atoms with Gasteiger partial charge in [-0.15, -0.1) is 11.8 Å². The van der Waals surface area contributed by atoms with Crippen molar-refractivity contribution in [2.75, 3.05) is 5.75 Å². The number of rotatable bonds is 4. The van der Waals surface area contributed by atoms with Crippen molar-refractivity contribution >= 4 is 27.7 Å². The molecule has 78 valence electrons. The van der Waals surface area contributed by atoms with Crippen LogP contribution in [0.3, 0.4) is 0 Å². The molecular formula is C11H16BrNS. The molecule has 0 saturated carbocycles. The highest BCUT2D eigenvalue weighted by atomic mass is 79.9. The van der Waals surface area contributed by atoms with Gasteiger partial charge in [0.05, 0.1) is 0 Å². The first-order valence-corrected chi connectivity index (χ1v) is 6.52. The first-order valence-electron chi connectivity index (χ1n) is 4.74. The van der Waals surface area contributed by atoms with Gasteiger partial charge in [0.2, 0.25) is 0 Å². The molecule has 0 spiro atoms. The van der Waals surface area contributed by atoms with E-state index in [0.29, 0.717) is 12.5 Å². The molecule has 0 radical (unpaired) electrons. The summed E-state index contributed by atoms with van der Waals surface area (Å²) in [5, 5.41) is 0. The van der Waals surface area contributed by atoms with E-state index >= 15 is 0 Å². The highest BCUT2D eigenvalue weighted by molar-refractivity contribution is 9.10. The summed E-state index contributed by atoms with van der Waals surface area (Å²) in [5.74, 6) is 1.86. The van der Waals surface area contributed by atoms with Crippen molar-refractivity contribution in [3.05, 3.63) is 28.2 Å². The largest absolute Gasteiger partial charge is 0.326 e. The van der Waals surface area contributed by atoms with E-state index in [4.69, 9.17) is 5.73 Å². The summed E-state index contributed by atoms with van der Waals surface area (Å²) in [4.78, 5) is 1.31. The summed E-state index contributed by atoms with van der Waals surface area (Å²) in [6.45, 7) is 5.07. The Balaban J connectivity index is 2.75. The number of hydrogen-bond donors (Lipinski definition) is 1. The van der Waals surface area contributed by atoms with E-state index in [1.807, 2.05) is 11.8 Å². The first kappa shape index (κ1) is 12.1. The predicted molar refractivity (Wildman–Crippen MR) is 67.6 cm³/mol. The van der Waals surface area contributed by atoms with Crippen molar-refractivity contribution in [1.82, 2.24) is 0 Å². The molecule has 2 N–H and O–H groups in total. The Hall–Kier alpha value is 0.01000. The SMILES string of the molecule is CC(C)CSc1ccc(Br)cc1CN. The fourth-order valence-corrected chi connectivity index (χ4v) is 2.52. The zero-order valence-electron chi connectivity index (χ0n) is 8.59. The highest BCUT2D eigenvalue weighted by Crippen LogP contribution is 2.27. The van der Waals surface area contributed by atoms with Crippen LogP contribution in [0.1, 0.15) is 19.4 Å². The third kappa shape index (κ3) is 3.64. The molecule has 1 aromatic carbocycles. The monoisotopic (exact) mass is 273 g/mol. The van der Waals surface area contributed by atoms with Gasteiger partial charge in [0.25, 0.3) is 0 Å². The zero-order chi connectivity index (χ0) is 10.6. The average molecular weight is 274 g/mol. The van der Waals surface area contributed by atoms with E-state index in [-0.39, 0.29) is 0 Å². The Morgan fingerprint density at radius 2 is 2.14 bits per heavy atom. The van der Waals surface area contributed by atoms with Crippen LogP contribution in [0.25, 0.3) is 0 Å². The fourth-order valence-electron chi connectivity index (χ4n) is 1.10. The number of thioether (sulfide) groups is 1. The molecule has 0 aromatic heterocycles. The van der Waals surface area contributed by atoms with Crippen LogP contribution >= 0.6 is 27.7 Å². The lowest BCUT2D eigenvalue weighted by Gasteiger charge is -2.09. The second-order valence-corrected chi connectivity index (χ2v) is 5.64. The molecule has 0 aliphatic heterocycles. The molecule has 0 amide bonds. The molecule has 14 heavy (non-hydrogen) atoms. The molecule has 3 heteroatoms. The third-order valence-corrected chi connectivity index (χ3v) is 3.85. The van der Waals surface area contributed by atoms with Crippen LogP contribution in [-0.2, 0) is 6.54 Å². The molecule has 0 fully saturated rings. The van der Waals surface area contributed by atoms with Crippen molar-refractivity contribution in [2.24, 2.45) is 11.7 Å². The Morgan fingerprint density at radius 3 is 2.71 bits per heavy atom. The summed E-state index contributed by atoms with van der Waals surface area (Å²) >= 11 is 5.34. The lowest BCUT2D eigenvalue weighted by molar-refractivity contribution is 0.750. The van der Waals surface area contributed by atoms with E-state index in [1.165, 1.54) is 10.5 Å². The van der Waals surface area contributed by atoms with Crippen LogP contribution in [0, 0.1) is 5.92 Å². The van der Waals surface area contributed by atoms with Crippen molar-refractivity contribution in [2.45, 2.75) is 25.3 Å². The summed E-state index contributed by atoms with van der Waals surface area (Å²) in [7, 11) is 0. The van der Waals surface area contributed by atoms with E-state index < -0.39 is 0 Å².